The van der Waals surface area contributed by atoms with Crippen molar-refractivity contribution in [2.24, 2.45) is 0 Å². The fourth-order valence-electron chi connectivity index (χ4n) is 2.95. The molecule has 2 amide bonds. The van der Waals surface area contributed by atoms with Gasteiger partial charge in [0.1, 0.15) is 11.4 Å². The summed E-state index contributed by atoms with van der Waals surface area (Å²) in [7, 11) is 0. The van der Waals surface area contributed by atoms with E-state index in [2.05, 4.69) is 5.32 Å². The van der Waals surface area contributed by atoms with Crippen LogP contribution < -0.4 is 5.32 Å². The van der Waals surface area contributed by atoms with Crippen molar-refractivity contribution in [3.63, 3.8) is 0 Å². The molecule has 5 nitrogen and oxygen atoms in total. The van der Waals surface area contributed by atoms with Gasteiger partial charge in [-0.3, -0.25) is 4.79 Å². The minimum Gasteiger partial charge on any atom is -0.444 e. The molecule has 0 spiro atoms. The molecule has 1 N–H and O–H groups in total. The third-order valence-electron chi connectivity index (χ3n) is 4.06. The summed E-state index contributed by atoms with van der Waals surface area (Å²) in [4.78, 5) is 25.5. The second-order valence-corrected chi connectivity index (χ2v) is 7.16. The molecule has 0 aliphatic carbocycles. The lowest BCUT2D eigenvalue weighted by molar-refractivity contribution is -0.130. The minimum atomic E-state index is -0.593. The van der Waals surface area contributed by atoms with E-state index in [1.165, 1.54) is 19.1 Å². The summed E-state index contributed by atoms with van der Waals surface area (Å²) in [5.74, 6) is -0.311. The molecular formula is C18H25FN2O3. The van der Waals surface area contributed by atoms with Gasteiger partial charge in [-0.05, 0) is 44.9 Å². The molecule has 1 saturated heterocycles. The van der Waals surface area contributed by atoms with E-state index in [0.29, 0.717) is 19.5 Å². The first-order valence-electron chi connectivity index (χ1n) is 8.16. The number of piperidine rings is 1. The van der Waals surface area contributed by atoms with Gasteiger partial charge in [-0.15, -0.1) is 0 Å². The molecule has 24 heavy (non-hydrogen) atoms. The van der Waals surface area contributed by atoms with Gasteiger partial charge in [0, 0.05) is 25.9 Å². The third-order valence-corrected chi connectivity index (χ3v) is 4.06. The lowest BCUT2D eigenvalue weighted by atomic mass is 9.85. The Balaban J connectivity index is 2.16. The zero-order valence-electron chi connectivity index (χ0n) is 14.6. The summed E-state index contributed by atoms with van der Waals surface area (Å²) in [6.45, 7) is 7.94. The van der Waals surface area contributed by atoms with Crippen LogP contribution >= 0.6 is 0 Å². The highest BCUT2D eigenvalue weighted by molar-refractivity contribution is 5.74. The molecule has 6 heteroatoms. The van der Waals surface area contributed by atoms with E-state index in [1.54, 1.807) is 37.8 Å². The van der Waals surface area contributed by atoms with Crippen LogP contribution in [0.3, 0.4) is 0 Å². The van der Waals surface area contributed by atoms with Crippen LogP contribution in [0.15, 0.2) is 24.3 Å². The molecule has 1 aliphatic rings. The number of ether oxygens (including phenoxy) is 1. The second kappa shape index (κ2) is 7.20. The molecule has 2 rings (SSSR count). The van der Waals surface area contributed by atoms with E-state index in [9.17, 15) is 14.0 Å². The number of hydrogen-bond donors (Lipinski definition) is 1. The Labute approximate surface area is 142 Å². The van der Waals surface area contributed by atoms with Crippen molar-refractivity contribution < 1.29 is 18.7 Å². The van der Waals surface area contributed by atoms with Crippen LogP contribution in [0.2, 0.25) is 0 Å². The Morgan fingerprint density at radius 3 is 2.42 bits per heavy atom. The zero-order valence-corrected chi connectivity index (χ0v) is 14.6. The molecule has 1 heterocycles. The molecule has 0 saturated carbocycles. The van der Waals surface area contributed by atoms with E-state index < -0.39 is 11.7 Å². The number of benzene rings is 1. The average Bonchev–Trinajstić information content (AvgIpc) is 2.46. The highest BCUT2D eigenvalue weighted by atomic mass is 19.1. The maximum atomic E-state index is 13.2. The Morgan fingerprint density at radius 2 is 1.88 bits per heavy atom. The summed E-state index contributed by atoms with van der Waals surface area (Å²) < 4.78 is 18.5. The number of alkyl carbamates (subject to hydrolysis) is 1. The van der Waals surface area contributed by atoms with Crippen LogP contribution in [-0.4, -0.2) is 41.6 Å². The van der Waals surface area contributed by atoms with Crippen molar-refractivity contribution in [3.05, 3.63) is 35.6 Å². The topological polar surface area (TPSA) is 58.6 Å². The van der Waals surface area contributed by atoms with Crippen LogP contribution in [0.5, 0.6) is 0 Å². The van der Waals surface area contributed by atoms with Gasteiger partial charge in [0.25, 0.3) is 0 Å². The first-order valence-corrected chi connectivity index (χ1v) is 8.16. The lowest BCUT2D eigenvalue weighted by Crippen LogP contribution is -2.53. The van der Waals surface area contributed by atoms with Gasteiger partial charge in [-0.25, -0.2) is 9.18 Å². The van der Waals surface area contributed by atoms with E-state index in [4.69, 9.17) is 4.74 Å². The van der Waals surface area contributed by atoms with E-state index in [0.717, 1.165) is 5.56 Å². The molecule has 1 aliphatic heterocycles. The Kier molecular flexibility index (Phi) is 5.47. The third kappa shape index (κ3) is 4.94. The van der Waals surface area contributed by atoms with E-state index >= 15 is 0 Å². The summed E-state index contributed by atoms with van der Waals surface area (Å²) >= 11 is 0. The number of nitrogens with one attached hydrogen (secondary N) is 1. The van der Waals surface area contributed by atoms with Gasteiger partial charge in [-0.1, -0.05) is 12.1 Å². The molecule has 2 atom stereocenters. The fraction of sp³-hybridized carbons (Fsp3) is 0.556. The number of amides is 2. The van der Waals surface area contributed by atoms with E-state index in [-0.39, 0.29) is 23.7 Å². The van der Waals surface area contributed by atoms with Gasteiger partial charge >= 0.3 is 6.09 Å². The quantitative estimate of drug-likeness (QED) is 0.903. The largest absolute Gasteiger partial charge is 0.444 e. The number of carbonyl (C=O) groups is 2. The molecule has 1 fully saturated rings. The van der Waals surface area contributed by atoms with Crippen LogP contribution in [0.1, 0.15) is 45.6 Å². The monoisotopic (exact) mass is 336 g/mol. The maximum Gasteiger partial charge on any atom is 0.407 e. The summed E-state index contributed by atoms with van der Waals surface area (Å²) in [5.41, 5.74) is 0.352. The van der Waals surface area contributed by atoms with Crippen molar-refractivity contribution in [1.82, 2.24) is 10.2 Å². The zero-order chi connectivity index (χ0) is 17.9. The maximum absolute atomic E-state index is 13.2. The number of nitrogens with zero attached hydrogens (tertiary/aromatic N) is 1. The van der Waals surface area contributed by atoms with Crippen molar-refractivity contribution in [1.29, 1.82) is 0 Å². The van der Waals surface area contributed by atoms with Gasteiger partial charge in [0.05, 0.1) is 6.04 Å². The Hall–Kier alpha value is -2.11. The van der Waals surface area contributed by atoms with Crippen molar-refractivity contribution in [2.45, 2.75) is 51.7 Å². The minimum absolute atomic E-state index is 0.00807. The predicted molar refractivity (Wildman–Crippen MR) is 89.2 cm³/mol. The summed E-state index contributed by atoms with van der Waals surface area (Å²) in [6.07, 6.45) is 0.191. The van der Waals surface area contributed by atoms with Crippen LogP contribution in [0.4, 0.5) is 9.18 Å². The molecule has 0 unspecified atom stereocenters. The van der Waals surface area contributed by atoms with Crippen LogP contribution in [-0.2, 0) is 9.53 Å². The SMILES string of the molecule is CC(=O)N1CC[C@H](c2ccc(F)cc2)[C@@H](NC(=O)OC(C)(C)C)C1. The second-order valence-electron chi connectivity index (χ2n) is 7.16. The molecule has 0 aromatic heterocycles. The van der Waals surface area contributed by atoms with Crippen molar-refractivity contribution >= 4 is 12.0 Å². The lowest BCUT2D eigenvalue weighted by Gasteiger charge is -2.39. The van der Waals surface area contributed by atoms with Crippen molar-refractivity contribution in [2.75, 3.05) is 13.1 Å². The standard InChI is InChI=1S/C18H25FN2O3/c1-12(22)21-10-9-15(13-5-7-14(19)8-6-13)16(11-21)20-17(23)24-18(2,3)4/h5-8,15-16H,9-11H2,1-4H3,(H,20,23)/t15-,16+/m1/s1. The molecule has 0 bridgehead atoms. The molecule has 1 aromatic rings. The highest BCUT2D eigenvalue weighted by Gasteiger charge is 2.33. The number of hydrogen-bond acceptors (Lipinski definition) is 3. The molecular weight excluding hydrogens is 311 g/mol. The average molecular weight is 336 g/mol. The van der Waals surface area contributed by atoms with Crippen LogP contribution in [0.25, 0.3) is 0 Å². The number of rotatable bonds is 2. The molecule has 1 aromatic carbocycles. The van der Waals surface area contributed by atoms with Gasteiger partial charge < -0.3 is 15.0 Å². The summed E-state index contributed by atoms with van der Waals surface area (Å²) in [5, 5.41) is 2.87. The first-order chi connectivity index (χ1) is 11.2. The van der Waals surface area contributed by atoms with Gasteiger partial charge in [-0.2, -0.15) is 0 Å². The summed E-state index contributed by atoms with van der Waals surface area (Å²) in [6, 6.07) is 6.01. The van der Waals surface area contributed by atoms with Gasteiger partial charge in [0.2, 0.25) is 5.91 Å². The van der Waals surface area contributed by atoms with Crippen molar-refractivity contribution in [3.8, 4) is 0 Å². The van der Waals surface area contributed by atoms with Gasteiger partial charge in [0.15, 0.2) is 0 Å². The molecule has 0 radical (unpaired) electrons. The van der Waals surface area contributed by atoms with E-state index in [1.807, 2.05) is 0 Å². The predicted octanol–water partition coefficient (Wildman–Crippen LogP) is 3.05. The fourth-order valence-corrected chi connectivity index (χ4v) is 2.95. The first kappa shape index (κ1) is 18.2. The highest BCUT2D eigenvalue weighted by Crippen LogP contribution is 2.29. The number of carbonyl (C=O) groups excluding carboxylic acids is 2. The Morgan fingerprint density at radius 1 is 1.25 bits per heavy atom. The smallest absolute Gasteiger partial charge is 0.407 e. The van der Waals surface area contributed by atoms with Crippen LogP contribution in [0, 0.1) is 5.82 Å². The molecule has 132 valence electrons. The number of likely N-dealkylation sites (tertiary alicyclic amines) is 1. The number of halogens is 1. The Bertz CT molecular complexity index is 595. The normalized spacial score (nSPS) is 21.3.